The molecule has 0 radical (unpaired) electrons. The molecule has 0 bridgehead atoms. The van der Waals surface area contributed by atoms with E-state index in [-0.39, 0.29) is 11.8 Å². The molecule has 1 atom stereocenters. The van der Waals surface area contributed by atoms with Gasteiger partial charge in [0.15, 0.2) is 0 Å². The van der Waals surface area contributed by atoms with E-state index in [1.807, 2.05) is 38.1 Å². The van der Waals surface area contributed by atoms with Crippen molar-refractivity contribution in [3.8, 4) is 0 Å². The number of nitrogens with one attached hydrogen (secondary N) is 1. The summed E-state index contributed by atoms with van der Waals surface area (Å²) in [4.78, 5) is 27.8. The van der Waals surface area contributed by atoms with E-state index in [9.17, 15) is 9.59 Å². The first-order valence-electron chi connectivity index (χ1n) is 11.1. The number of unbranched alkanes of at least 4 members (excludes halogenated alkanes) is 1. The molecule has 0 saturated carbocycles. The summed E-state index contributed by atoms with van der Waals surface area (Å²) in [6, 6.07) is 16.0. The van der Waals surface area contributed by atoms with Crippen LogP contribution in [0.2, 0.25) is 0 Å². The first-order chi connectivity index (χ1) is 14.4. The van der Waals surface area contributed by atoms with Crippen molar-refractivity contribution >= 4 is 11.8 Å². The number of hydrogen-bond donors (Lipinski definition) is 1. The maximum Gasteiger partial charge on any atom is 0.242 e. The highest BCUT2D eigenvalue weighted by Crippen LogP contribution is 2.16. The summed E-state index contributed by atoms with van der Waals surface area (Å²) in [6.45, 7) is 9.28. The average Bonchev–Trinajstić information content (AvgIpc) is 2.74. The fourth-order valence-electron chi connectivity index (χ4n) is 3.47. The Morgan fingerprint density at radius 2 is 1.47 bits per heavy atom. The van der Waals surface area contributed by atoms with Crippen LogP contribution in [0.15, 0.2) is 48.5 Å². The SMILES string of the molecule is CCCCNC(=O)C(CC)N(Cc1ccc(C)cc1)C(=O)CCc1ccc(C)cc1. The molecule has 0 fully saturated rings. The number of carbonyl (C=O) groups is 2. The van der Waals surface area contributed by atoms with Crippen molar-refractivity contribution in [3.63, 3.8) is 0 Å². The molecule has 1 N–H and O–H groups in total. The summed E-state index contributed by atoms with van der Waals surface area (Å²) in [5, 5.41) is 3.01. The summed E-state index contributed by atoms with van der Waals surface area (Å²) >= 11 is 0. The summed E-state index contributed by atoms with van der Waals surface area (Å²) in [6.07, 6.45) is 3.65. The lowest BCUT2D eigenvalue weighted by Gasteiger charge is -2.31. The largest absolute Gasteiger partial charge is 0.354 e. The molecule has 0 aliphatic rings. The van der Waals surface area contributed by atoms with E-state index < -0.39 is 6.04 Å². The van der Waals surface area contributed by atoms with Gasteiger partial charge in [-0.3, -0.25) is 9.59 Å². The molecule has 30 heavy (non-hydrogen) atoms. The Labute approximate surface area is 181 Å². The van der Waals surface area contributed by atoms with E-state index in [0.717, 1.165) is 24.0 Å². The summed E-state index contributed by atoms with van der Waals surface area (Å²) < 4.78 is 0. The van der Waals surface area contributed by atoms with E-state index in [0.29, 0.717) is 32.4 Å². The van der Waals surface area contributed by atoms with E-state index in [2.05, 4.69) is 43.4 Å². The fraction of sp³-hybridized carbons (Fsp3) is 0.462. The lowest BCUT2D eigenvalue weighted by molar-refractivity contribution is -0.141. The second kappa shape index (κ2) is 12.2. The van der Waals surface area contributed by atoms with Crippen molar-refractivity contribution in [2.24, 2.45) is 0 Å². The molecule has 2 aromatic rings. The predicted octanol–water partition coefficient (Wildman–Crippen LogP) is 4.96. The number of carbonyl (C=O) groups excluding carboxylic acids is 2. The number of rotatable bonds is 11. The highest BCUT2D eigenvalue weighted by Gasteiger charge is 2.28. The van der Waals surface area contributed by atoms with Crippen LogP contribution in [-0.2, 0) is 22.6 Å². The van der Waals surface area contributed by atoms with Gasteiger partial charge in [-0.2, -0.15) is 0 Å². The first-order valence-corrected chi connectivity index (χ1v) is 11.1. The standard InChI is InChI=1S/C26H36N2O2/c1-5-7-18-27-26(30)24(6-2)28(19-23-14-10-21(4)11-15-23)25(29)17-16-22-12-8-20(3)9-13-22/h8-15,24H,5-7,16-19H2,1-4H3,(H,27,30). The van der Waals surface area contributed by atoms with Crippen molar-refractivity contribution in [3.05, 3.63) is 70.8 Å². The van der Waals surface area contributed by atoms with E-state index in [4.69, 9.17) is 0 Å². The van der Waals surface area contributed by atoms with Gasteiger partial charge in [0.05, 0.1) is 0 Å². The molecule has 0 aliphatic carbocycles. The fourth-order valence-corrected chi connectivity index (χ4v) is 3.47. The van der Waals surface area contributed by atoms with Crippen molar-refractivity contribution in [1.82, 2.24) is 10.2 Å². The smallest absolute Gasteiger partial charge is 0.242 e. The minimum atomic E-state index is -0.450. The molecule has 0 saturated heterocycles. The summed E-state index contributed by atoms with van der Waals surface area (Å²) in [7, 11) is 0. The maximum atomic E-state index is 13.2. The molecule has 0 aliphatic heterocycles. The van der Waals surface area contributed by atoms with Crippen LogP contribution < -0.4 is 5.32 Å². The monoisotopic (exact) mass is 408 g/mol. The molecule has 2 aromatic carbocycles. The van der Waals surface area contributed by atoms with Gasteiger partial charge in [-0.1, -0.05) is 79.9 Å². The summed E-state index contributed by atoms with van der Waals surface area (Å²) in [5.74, 6) is -0.0320. The Morgan fingerprint density at radius 3 is 2.00 bits per heavy atom. The first kappa shape index (κ1) is 23.7. The van der Waals surface area contributed by atoms with Crippen LogP contribution in [-0.4, -0.2) is 29.3 Å². The van der Waals surface area contributed by atoms with Gasteiger partial charge < -0.3 is 10.2 Å². The molecule has 0 aromatic heterocycles. The van der Waals surface area contributed by atoms with Gasteiger partial charge in [0.25, 0.3) is 0 Å². The quantitative estimate of drug-likeness (QED) is 0.534. The zero-order valence-corrected chi connectivity index (χ0v) is 18.9. The lowest BCUT2D eigenvalue weighted by atomic mass is 10.0. The number of nitrogens with zero attached hydrogens (tertiary/aromatic N) is 1. The molecule has 162 valence electrons. The number of hydrogen-bond acceptors (Lipinski definition) is 2. The van der Waals surface area contributed by atoms with Crippen molar-refractivity contribution in [2.45, 2.75) is 72.4 Å². The number of benzene rings is 2. The van der Waals surface area contributed by atoms with Crippen LogP contribution in [0.5, 0.6) is 0 Å². The van der Waals surface area contributed by atoms with Crippen molar-refractivity contribution < 1.29 is 9.59 Å². The minimum Gasteiger partial charge on any atom is -0.354 e. The van der Waals surface area contributed by atoms with Gasteiger partial charge in [0, 0.05) is 19.5 Å². The second-order valence-corrected chi connectivity index (χ2v) is 8.06. The molecule has 4 heteroatoms. The third kappa shape index (κ3) is 7.33. The third-order valence-electron chi connectivity index (χ3n) is 5.44. The molecule has 0 spiro atoms. The van der Waals surface area contributed by atoms with E-state index in [1.54, 1.807) is 4.90 Å². The Balaban J connectivity index is 2.15. The topological polar surface area (TPSA) is 49.4 Å². The molecule has 1 unspecified atom stereocenters. The van der Waals surface area contributed by atoms with Crippen LogP contribution >= 0.6 is 0 Å². The molecular formula is C26H36N2O2. The maximum absolute atomic E-state index is 13.2. The van der Waals surface area contributed by atoms with Crippen LogP contribution in [0.25, 0.3) is 0 Å². The molecule has 2 rings (SSSR count). The zero-order valence-electron chi connectivity index (χ0n) is 18.9. The second-order valence-electron chi connectivity index (χ2n) is 8.06. The summed E-state index contributed by atoms with van der Waals surface area (Å²) in [5.41, 5.74) is 4.58. The van der Waals surface area contributed by atoms with Crippen LogP contribution in [0.4, 0.5) is 0 Å². The Bertz CT molecular complexity index is 797. The van der Waals surface area contributed by atoms with Gasteiger partial charge >= 0.3 is 0 Å². The zero-order chi connectivity index (χ0) is 21.9. The van der Waals surface area contributed by atoms with Crippen LogP contribution in [0.1, 0.15) is 61.8 Å². The van der Waals surface area contributed by atoms with Crippen LogP contribution in [0.3, 0.4) is 0 Å². The minimum absolute atomic E-state index is 0.0219. The Kier molecular flexibility index (Phi) is 9.59. The molecule has 0 heterocycles. The number of amides is 2. The highest BCUT2D eigenvalue weighted by atomic mass is 16.2. The normalized spacial score (nSPS) is 11.7. The Hall–Kier alpha value is -2.62. The van der Waals surface area contributed by atoms with Crippen molar-refractivity contribution in [2.75, 3.05) is 6.54 Å². The third-order valence-corrected chi connectivity index (χ3v) is 5.44. The average molecular weight is 409 g/mol. The van der Waals surface area contributed by atoms with Crippen molar-refractivity contribution in [1.29, 1.82) is 0 Å². The molecule has 4 nitrogen and oxygen atoms in total. The molecular weight excluding hydrogens is 372 g/mol. The van der Waals surface area contributed by atoms with Gasteiger partial charge in [0.2, 0.25) is 11.8 Å². The van der Waals surface area contributed by atoms with Gasteiger partial charge in [-0.05, 0) is 44.2 Å². The number of aryl methyl sites for hydroxylation is 3. The Morgan fingerprint density at radius 1 is 0.900 bits per heavy atom. The molecule has 2 amide bonds. The van der Waals surface area contributed by atoms with Gasteiger partial charge in [-0.15, -0.1) is 0 Å². The predicted molar refractivity (Wildman–Crippen MR) is 123 cm³/mol. The van der Waals surface area contributed by atoms with E-state index >= 15 is 0 Å². The van der Waals surface area contributed by atoms with Gasteiger partial charge in [-0.25, -0.2) is 0 Å². The van der Waals surface area contributed by atoms with Crippen LogP contribution in [0, 0.1) is 13.8 Å². The lowest BCUT2D eigenvalue weighted by Crippen LogP contribution is -2.49. The van der Waals surface area contributed by atoms with Gasteiger partial charge in [0.1, 0.15) is 6.04 Å². The van der Waals surface area contributed by atoms with E-state index in [1.165, 1.54) is 11.1 Å². The highest BCUT2D eigenvalue weighted by molar-refractivity contribution is 5.87.